The number of nitrogens with two attached hydrogens (primary N) is 1. The summed E-state index contributed by atoms with van der Waals surface area (Å²) < 4.78 is 27.5. The van der Waals surface area contributed by atoms with Crippen molar-refractivity contribution in [3.63, 3.8) is 0 Å². The lowest BCUT2D eigenvalue weighted by Gasteiger charge is -2.31. The molecule has 29 heavy (non-hydrogen) atoms. The molecular formula is C20H31ClN4O3S. The molecule has 2 atom stereocenters. The van der Waals surface area contributed by atoms with Crippen LogP contribution in [0.5, 0.6) is 0 Å². The molecule has 9 heteroatoms. The molecule has 0 aliphatic carbocycles. The van der Waals surface area contributed by atoms with Crippen molar-refractivity contribution < 1.29 is 13.2 Å². The van der Waals surface area contributed by atoms with Gasteiger partial charge < -0.3 is 11.1 Å². The molecule has 0 spiro atoms. The molecule has 1 aromatic carbocycles. The average Bonchev–Trinajstić information content (AvgIpc) is 2.83. The number of hydrogen-bond acceptors (Lipinski definition) is 5. The van der Waals surface area contributed by atoms with E-state index in [0.29, 0.717) is 38.1 Å². The third-order valence-corrected chi connectivity index (χ3v) is 7.12. The normalized spacial score (nSPS) is 21.5. The monoisotopic (exact) mass is 442 g/mol. The number of halogens is 1. The van der Waals surface area contributed by atoms with E-state index in [1.54, 1.807) is 12.1 Å². The second-order valence-corrected chi connectivity index (χ2v) is 10.1. The van der Waals surface area contributed by atoms with E-state index in [1.807, 2.05) is 26.8 Å². The van der Waals surface area contributed by atoms with Crippen LogP contribution in [0.1, 0.15) is 52.0 Å². The van der Waals surface area contributed by atoms with Crippen molar-refractivity contribution >= 4 is 28.3 Å². The van der Waals surface area contributed by atoms with E-state index >= 15 is 0 Å². The molecule has 1 unspecified atom stereocenters. The van der Waals surface area contributed by atoms with Gasteiger partial charge in [0.1, 0.15) is 6.07 Å². The summed E-state index contributed by atoms with van der Waals surface area (Å²) >= 11 is 0. The number of benzene rings is 1. The first-order valence-corrected chi connectivity index (χ1v) is 11.1. The number of sulfonamides is 1. The van der Waals surface area contributed by atoms with Crippen molar-refractivity contribution in [2.75, 3.05) is 13.1 Å². The Kier molecular flexibility index (Phi) is 9.09. The average molecular weight is 443 g/mol. The summed E-state index contributed by atoms with van der Waals surface area (Å²) in [5.74, 6) is 0.130. The van der Waals surface area contributed by atoms with Gasteiger partial charge in [0.25, 0.3) is 0 Å². The summed E-state index contributed by atoms with van der Waals surface area (Å²) in [7, 11) is -3.77. The minimum absolute atomic E-state index is 0. The predicted molar refractivity (Wildman–Crippen MR) is 115 cm³/mol. The summed E-state index contributed by atoms with van der Waals surface area (Å²) in [6, 6.07) is 7.61. The highest BCUT2D eigenvalue weighted by atomic mass is 35.5. The van der Waals surface area contributed by atoms with Crippen LogP contribution in [0.3, 0.4) is 0 Å². The minimum Gasteiger partial charge on any atom is -0.350 e. The van der Waals surface area contributed by atoms with E-state index in [-0.39, 0.29) is 35.3 Å². The molecule has 1 aliphatic heterocycles. The van der Waals surface area contributed by atoms with Gasteiger partial charge in [-0.3, -0.25) is 4.79 Å². The highest BCUT2D eigenvalue weighted by Crippen LogP contribution is 2.27. The van der Waals surface area contributed by atoms with Gasteiger partial charge in [-0.1, -0.05) is 26.0 Å². The van der Waals surface area contributed by atoms with Gasteiger partial charge in [0.05, 0.1) is 16.5 Å². The molecule has 1 amide bonds. The fourth-order valence-electron chi connectivity index (χ4n) is 3.55. The Labute approximate surface area is 180 Å². The number of nitriles is 1. The largest absolute Gasteiger partial charge is 0.350 e. The van der Waals surface area contributed by atoms with Crippen LogP contribution < -0.4 is 11.1 Å². The van der Waals surface area contributed by atoms with E-state index in [9.17, 15) is 18.5 Å². The molecule has 7 nitrogen and oxygen atoms in total. The fraction of sp³-hybridized carbons (Fsp3) is 0.600. The summed E-state index contributed by atoms with van der Waals surface area (Å²) in [6.07, 6.45) is 2.37. The molecule has 3 N–H and O–H groups in total. The van der Waals surface area contributed by atoms with Crippen molar-refractivity contribution in [1.82, 2.24) is 9.62 Å². The zero-order valence-corrected chi connectivity index (χ0v) is 18.9. The highest BCUT2D eigenvalue weighted by Gasteiger charge is 2.35. The van der Waals surface area contributed by atoms with Crippen LogP contribution in [0.25, 0.3) is 0 Å². The minimum atomic E-state index is -3.77. The lowest BCUT2D eigenvalue weighted by molar-refractivity contribution is -0.124. The summed E-state index contributed by atoms with van der Waals surface area (Å²) in [5, 5.41) is 12.3. The zero-order chi connectivity index (χ0) is 20.9. The second kappa shape index (κ2) is 10.4. The van der Waals surface area contributed by atoms with Crippen molar-refractivity contribution in [3.8, 4) is 6.07 Å². The van der Waals surface area contributed by atoms with Gasteiger partial charge in [-0.2, -0.15) is 9.57 Å². The smallest absolute Gasteiger partial charge is 0.244 e. The molecule has 2 rings (SSSR count). The first kappa shape index (κ1) is 25.4. The van der Waals surface area contributed by atoms with Crippen LogP contribution in [-0.4, -0.2) is 43.3 Å². The van der Waals surface area contributed by atoms with Gasteiger partial charge in [0.15, 0.2) is 0 Å². The maximum Gasteiger partial charge on any atom is 0.244 e. The Morgan fingerprint density at radius 3 is 2.59 bits per heavy atom. The van der Waals surface area contributed by atoms with Gasteiger partial charge in [-0.25, -0.2) is 8.42 Å². The molecule has 0 aromatic heterocycles. The number of carbonyl (C=O) groups excluding carboxylic acids is 1. The van der Waals surface area contributed by atoms with E-state index in [0.717, 1.165) is 0 Å². The third kappa shape index (κ3) is 6.41. The molecule has 0 bridgehead atoms. The predicted octanol–water partition coefficient (Wildman–Crippen LogP) is 2.40. The number of amides is 1. The number of nitrogens with one attached hydrogen (secondary N) is 1. The Morgan fingerprint density at radius 2 is 1.97 bits per heavy atom. The van der Waals surface area contributed by atoms with Crippen LogP contribution in [0.2, 0.25) is 0 Å². The van der Waals surface area contributed by atoms with E-state index in [2.05, 4.69) is 5.32 Å². The summed E-state index contributed by atoms with van der Waals surface area (Å²) in [5.41, 5.74) is 5.62. The number of carbonyl (C=O) groups is 1. The maximum atomic E-state index is 13.0. The molecule has 0 saturated carbocycles. The molecule has 1 aromatic rings. The molecular weight excluding hydrogens is 412 g/mol. The number of hydrogen-bond donors (Lipinski definition) is 2. The molecule has 1 saturated heterocycles. The van der Waals surface area contributed by atoms with Crippen molar-refractivity contribution in [3.05, 3.63) is 29.8 Å². The van der Waals surface area contributed by atoms with Crippen molar-refractivity contribution in [1.29, 1.82) is 5.26 Å². The molecule has 162 valence electrons. The number of nitrogens with zero attached hydrogens (tertiary/aromatic N) is 2. The highest BCUT2D eigenvalue weighted by molar-refractivity contribution is 7.89. The van der Waals surface area contributed by atoms with Gasteiger partial charge in [0, 0.05) is 18.6 Å². The van der Waals surface area contributed by atoms with E-state index in [4.69, 9.17) is 5.73 Å². The van der Waals surface area contributed by atoms with Crippen LogP contribution in [-0.2, 0) is 14.8 Å². The topological polar surface area (TPSA) is 116 Å². The summed E-state index contributed by atoms with van der Waals surface area (Å²) in [6.45, 7) is 6.60. The lowest BCUT2D eigenvalue weighted by Crippen LogP contribution is -2.52. The van der Waals surface area contributed by atoms with Crippen LogP contribution in [0, 0.1) is 17.2 Å². The fourth-order valence-corrected chi connectivity index (χ4v) is 5.17. The van der Waals surface area contributed by atoms with Crippen molar-refractivity contribution in [2.24, 2.45) is 11.7 Å². The van der Waals surface area contributed by atoms with E-state index in [1.165, 1.54) is 16.4 Å². The Bertz CT molecular complexity index is 854. The SMILES string of the molecule is CC(C)C[C@H](N)C(=O)NC1(C)CCCN(S(=O)(=O)c2ccccc2C#N)CC1.Cl. The summed E-state index contributed by atoms with van der Waals surface area (Å²) in [4.78, 5) is 12.5. The second-order valence-electron chi connectivity index (χ2n) is 8.15. The zero-order valence-electron chi connectivity index (χ0n) is 17.2. The van der Waals surface area contributed by atoms with Gasteiger partial charge in [-0.15, -0.1) is 12.4 Å². The standard InChI is InChI=1S/C20H30N4O3S.ClH/c1-15(2)13-17(22)19(25)23-20(3)9-6-11-24(12-10-20)28(26,27)18-8-5-4-7-16(18)14-21;/h4-5,7-8,15,17H,6,9-13,22H2,1-3H3,(H,23,25);1H/t17-,20?;/m0./s1. The Morgan fingerprint density at radius 1 is 1.31 bits per heavy atom. The van der Waals surface area contributed by atoms with Gasteiger partial charge >= 0.3 is 0 Å². The Hall–Kier alpha value is -1.66. The van der Waals surface area contributed by atoms with Crippen LogP contribution >= 0.6 is 12.4 Å². The quantitative estimate of drug-likeness (QED) is 0.701. The third-order valence-electron chi connectivity index (χ3n) is 5.16. The van der Waals surface area contributed by atoms with Gasteiger partial charge in [-0.05, 0) is 50.7 Å². The maximum absolute atomic E-state index is 13.0. The van der Waals surface area contributed by atoms with Crippen molar-refractivity contribution in [2.45, 2.75) is 62.9 Å². The molecule has 1 heterocycles. The molecule has 1 aliphatic rings. The van der Waals surface area contributed by atoms with Crippen LogP contribution in [0.4, 0.5) is 0 Å². The van der Waals surface area contributed by atoms with Gasteiger partial charge in [0.2, 0.25) is 15.9 Å². The van der Waals surface area contributed by atoms with Crippen LogP contribution in [0.15, 0.2) is 29.2 Å². The van der Waals surface area contributed by atoms with E-state index < -0.39 is 21.6 Å². The molecule has 1 fully saturated rings. The lowest BCUT2D eigenvalue weighted by atomic mass is 9.92. The number of rotatable bonds is 6. The first-order valence-electron chi connectivity index (χ1n) is 9.66. The molecule has 0 radical (unpaired) electrons. The Balaban J connectivity index is 0.00000420. The first-order chi connectivity index (χ1) is 13.1.